The predicted molar refractivity (Wildman–Crippen MR) is 110 cm³/mol. The number of aromatic nitrogens is 4. The highest BCUT2D eigenvalue weighted by atomic mass is 19.1. The fourth-order valence-corrected chi connectivity index (χ4v) is 3.57. The van der Waals surface area contributed by atoms with E-state index < -0.39 is 17.8 Å². The smallest absolute Gasteiger partial charge is 0.407 e. The Kier molecular flexibility index (Phi) is 4.58. The molecule has 4 heterocycles. The van der Waals surface area contributed by atoms with Gasteiger partial charge in [-0.15, -0.1) is 0 Å². The summed E-state index contributed by atoms with van der Waals surface area (Å²) in [4.78, 5) is 33.4. The average molecular weight is 436 g/mol. The topological polar surface area (TPSA) is 126 Å². The number of nitrogens with one attached hydrogen (secondary N) is 1. The molecule has 0 aliphatic carbocycles. The molecule has 3 aromatic heterocycles. The van der Waals surface area contributed by atoms with Gasteiger partial charge in [-0.2, -0.15) is 4.98 Å². The Hall–Kier alpha value is -4.28. The van der Waals surface area contributed by atoms with Gasteiger partial charge in [-0.1, -0.05) is 11.2 Å². The molecule has 162 valence electrons. The van der Waals surface area contributed by atoms with Crippen molar-refractivity contribution >= 4 is 23.3 Å². The predicted octanol–water partition coefficient (Wildman–Crippen LogP) is 3.16. The van der Waals surface area contributed by atoms with Gasteiger partial charge in [0.05, 0.1) is 17.7 Å². The van der Waals surface area contributed by atoms with E-state index in [0.29, 0.717) is 22.6 Å². The average Bonchev–Trinajstić information content (AvgIpc) is 3.36. The van der Waals surface area contributed by atoms with Crippen molar-refractivity contribution in [3.8, 4) is 11.4 Å². The van der Waals surface area contributed by atoms with Crippen LogP contribution in [0.3, 0.4) is 0 Å². The van der Waals surface area contributed by atoms with E-state index in [4.69, 9.17) is 9.63 Å². The number of benzene rings is 1. The first kappa shape index (κ1) is 19.7. The highest BCUT2D eigenvalue weighted by Gasteiger charge is 2.35. The summed E-state index contributed by atoms with van der Waals surface area (Å²) >= 11 is 0. The van der Waals surface area contributed by atoms with Crippen molar-refractivity contribution < 1.29 is 23.6 Å². The van der Waals surface area contributed by atoms with Crippen LogP contribution in [-0.4, -0.2) is 54.6 Å². The summed E-state index contributed by atoms with van der Waals surface area (Å²) in [5, 5.41) is 15.6. The largest absolute Gasteiger partial charge is 0.465 e. The first-order chi connectivity index (χ1) is 15.4. The van der Waals surface area contributed by atoms with Crippen molar-refractivity contribution in [2.24, 2.45) is 0 Å². The van der Waals surface area contributed by atoms with Gasteiger partial charge in [0, 0.05) is 25.0 Å². The molecule has 10 nitrogen and oxygen atoms in total. The first-order valence-electron chi connectivity index (χ1n) is 9.76. The lowest BCUT2D eigenvalue weighted by Crippen LogP contribution is -2.47. The number of pyridine rings is 1. The highest BCUT2D eigenvalue weighted by molar-refractivity contribution is 6.04. The van der Waals surface area contributed by atoms with Gasteiger partial charge in [-0.3, -0.25) is 9.20 Å². The van der Waals surface area contributed by atoms with E-state index in [9.17, 15) is 14.0 Å². The Morgan fingerprint density at radius 1 is 1.28 bits per heavy atom. The van der Waals surface area contributed by atoms with Crippen LogP contribution in [0.25, 0.3) is 17.0 Å². The molecule has 0 bridgehead atoms. The maximum atomic E-state index is 14.7. The lowest BCUT2D eigenvalue weighted by molar-refractivity contribution is 0.0958. The summed E-state index contributed by atoms with van der Waals surface area (Å²) in [6.07, 6.45) is 2.18. The van der Waals surface area contributed by atoms with E-state index in [1.165, 1.54) is 23.2 Å². The molecule has 0 atom stereocenters. The van der Waals surface area contributed by atoms with Gasteiger partial charge >= 0.3 is 6.09 Å². The van der Waals surface area contributed by atoms with Crippen LogP contribution in [-0.2, 0) is 0 Å². The third-order valence-electron chi connectivity index (χ3n) is 5.40. The van der Waals surface area contributed by atoms with Crippen molar-refractivity contribution in [1.29, 1.82) is 0 Å². The Bertz CT molecular complexity index is 1360. The molecule has 1 aromatic carbocycles. The molecule has 0 unspecified atom stereocenters. The van der Waals surface area contributed by atoms with E-state index in [2.05, 4.69) is 20.4 Å². The number of carbonyl (C=O) groups excluding carboxylic acids is 1. The molecule has 32 heavy (non-hydrogen) atoms. The number of halogens is 1. The summed E-state index contributed by atoms with van der Waals surface area (Å²) in [6, 6.07) is 8.13. The zero-order valence-corrected chi connectivity index (χ0v) is 16.8. The minimum Gasteiger partial charge on any atom is -0.465 e. The van der Waals surface area contributed by atoms with Crippen molar-refractivity contribution in [2.45, 2.75) is 12.8 Å². The van der Waals surface area contributed by atoms with Gasteiger partial charge in [0.25, 0.3) is 5.91 Å². The minimum absolute atomic E-state index is 0.0246. The molecular weight excluding hydrogens is 419 g/mol. The summed E-state index contributed by atoms with van der Waals surface area (Å²) in [7, 11) is 0. The van der Waals surface area contributed by atoms with Crippen LogP contribution in [0.15, 0.2) is 47.2 Å². The number of hydrogen-bond donors (Lipinski definition) is 2. The molecule has 1 saturated heterocycles. The summed E-state index contributed by atoms with van der Waals surface area (Å²) in [5.74, 6) is -0.926. The Labute approximate surface area is 180 Å². The number of rotatable bonds is 4. The molecular formula is C21H17FN6O4. The van der Waals surface area contributed by atoms with E-state index in [1.54, 1.807) is 29.7 Å². The summed E-state index contributed by atoms with van der Waals surface area (Å²) in [5.41, 5.74) is 1.94. The Balaban J connectivity index is 1.40. The van der Waals surface area contributed by atoms with Crippen LogP contribution in [0, 0.1) is 12.7 Å². The van der Waals surface area contributed by atoms with Gasteiger partial charge in [-0.25, -0.2) is 14.2 Å². The molecule has 1 aliphatic rings. The first-order valence-corrected chi connectivity index (χ1v) is 9.76. The highest BCUT2D eigenvalue weighted by Crippen LogP contribution is 2.31. The molecule has 1 fully saturated rings. The molecule has 1 aliphatic heterocycles. The second kappa shape index (κ2) is 7.45. The van der Waals surface area contributed by atoms with Crippen LogP contribution in [0.1, 0.15) is 27.9 Å². The second-order valence-corrected chi connectivity index (χ2v) is 7.51. The van der Waals surface area contributed by atoms with Crippen molar-refractivity contribution in [2.75, 3.05) is 18.4 Å². The molecule has 0 saturated carbocycles. The van der Waals surface area contributed by atoms with Crippen molar-refractivity contribution in [1.82, 2.24) is 24.4 Å². The number of imidazole rings is 1. The Morgan fingerprint density at radius 3 is 2.88 bits per heavy atom. The lowest BCUT2D eigenvalue weighted by atomic mass is 10.0. The molecule has 2 amide bonds. The quantitative estimate of drug-likeness (QED) is 0.503. The number of nitrogens with zero attached hydrogens (tertiary/aromatic N) is 5. The van der Waals surface area contributed by atoms with Crippen LogP contribution in [0.4, 0.5) is 14.9 Å². The third kappa shape index (κ3) is 3.33. The Morgan fingerprint density at radius 2 is 2.09 bits per heavy atom. The van der Waals surface area contributed by atoms with Gasteiger partial charge in [0.1, 0.15) is 17.2 Å². The van der Waals surface area contributed by atoms with Gasteiger partial charge < -0.3 is 19.8 Å². The van der Waals surface area contributed by atoms with Crippen molar-refractivity contribution in [3.05, 3.63) is 65.7 Å². The SMILES string of the molecule is Cc1cc(F)c(-c2noc(C3CN(C(=O)O)C3)n2)cc1NC(=O)c1cnc2ccccn12. The molecule has 2 N–H and O–H groups in total. The monoisotopic (exact) mass is 436 g/mol. The minimum atomic E-state index is -1.02. The number of hydrogen-bond acceptors (Lipinski definition) is 6. The molecule has 4 aromatic rings. The zero-order chi connectivity index (χ0) is 22.4. The van der Waals surface area contributed by atoms with Crippen LogP contribution >= 0.6 is 0 Å². The number of amides is 2. The standard InChI is InChI=1S/C21H17FN6O4/c1-11-6-14(22)13(18-25-20(32-26-18)12-9-27(10-12)21(30)31)7-15(11)24-19(29)16-8-23-17-4-2-3-5-28(16)17/h2-8,12H,9-10H2,1H3,(H,24,29)(H,30,31). The zero-order valence-electron chi connectivity index (χ0n) is 16.8. The number of likely N-dealkylation sites (tertiary alicyclic amines) is 1. The fraction of sp³-hybridized carbons (Fsp3) is 0.190. The lowest BCUT2D eigenvalue weighted by Gasteiger charge is -2.34. The molecule has 0 radical (unpaired) electrons. The molecule has 11 heteroatoms. The van der Waals surface area contributed by atoms with E-state index in [0.717, 1.165) is 0 Å². The van der Waals surface area contributed by atoms with Crippen LogP contribution in [0.2, 0.25) is 0 Å². The maximum absolute atomic E-state index is 14.7. The van der Waals surface area contributed by atoms with Crippen LogP contribution < -0.4 is 5.32 Å². The van der Waals surface area contributed by atoms with E-state index >= 15 is 0 Å². The third-order valence-corrected chi connectivity index (χ3v) is 5.40. The van der Waals surface area contributed by atoms with Gasteiger partial charge in [0.2, 0.25) is 11.7 Å². The number of carboxylic acid groups (broad SMARTS) is 1. The molecule has 0 spiro atoms. The van der Waals surface area contributed by atoms with Gasteiger partial charge in [-0.05, 0) is 36.8 Å². The van der Waals surface area contributed by atoms with E-state index in [1.807, 2.05) is 6.07 Å². The summed E-state index contributed by atoms with van der Waals surface area (Å²) < 4.78 is 21.5. The normalized spacial score (nSPS) is 13.9. The number of anilines is 1. The van der Waals surface area contributed by atoms with E-state index in [-0.39, 0.29) is 36.3 Å². The van der Waals surface area contributed by atoms with Gasteiger partial charge in [0.15, 0.2) is 0 Å². The summed E-state index contributed by atoms with van der Waals surface area (Å²) in [6.45, 7) is 2.16. The number of aryl methyl sites for hydroxylation is 1. The fourth-order valence-electron chi connectivity index (χ4n) is 3.57. The number of carbonyl (C=O) groups is 2. The maximum Gasteiger partial charge on any atom is 0.407 e. The number of fused-ring (bicyclic) bond motifs is 1. The van der Waals surface area contributed by atoms with Crippen LogP contribution in [0.5, 0.6) is 0 Å². The second-order valence-electron chi connectivity index (χ2n) is 7.51. The molecule has 5 rings (SSSR count). The van der Waals surface area contributed by atoms with Crippen molar-refractivity contribution in [3.63, 3.8) is 0 Å².